The number of hydrogen-bond donors (Lipinski definition) is 1. The monoisotopic (exact) mass is 410 g/mol. The molecule has 156 valence electrons. The second-order valence-corrected chi connectivity index (χ2v) is 6.83. The van der Waals surface area contributed by atoms with Gasteiger partial charge in [-0.3, -0.25) is 14.9 Å². The molecule has 2 aromatic carbocycles. The van der Waals surface area contributed by atoms with Crippen LogP contribution in [0.5, 0.6) is 5.75 Å². The molecule has 0 aliphatic heterocycles. The molecule has 1 amide bonds. The van der Waals surface area contributed by atoms with E-state index in [-0.39, 0.29) is 23.4 Å². The predicted molar refractivity (Wildman–Crippen MR) is 109 cm³/mol. The van der Waals surface area contributed by atoms with Crippen molar-refractivity contribution in [3.05, 3.63) is 70.1 Å². The minimum atomic E-state index is -0.482. The first-order valence-electron chi connectivity index (χ1n) is 9.46. The van der Waals surface area contributed by atoms with Gasteiger partial charge >= 0.3 is 0 Å². The van der Waals surface area contributed by atoms with Gasteiger partial charge in [-0.15, -0.1) is 0 Å². The lowest BCUT2D eigenvalue weighted by Gasteiger charge is -2.20. The zero-order valence-corrected chi connectivity index (χ0v) is 16.9. The second kappa shape index (κ2) is 9.17. The van der Waals surface area contributed by atoms with Crippen molar-refractivity contribution in [3.63, 3.8) is 0 Å². The van der Waals surface area contributed by atoms with E-state index in [1.807, 2.05) is 13.8 Å². The zero-order chi connectivity index (χ0) is 21.7. The maximum absolute atomic E-state index is 12.7. The SMILES string of the molecule is CC[C@H](C)[C@@H](NC(=O)c1ccc(OC)cc1)c1nc(-c2ccc([N+](=O)[O-])cc2)no1. The van der Waals surface area contributed by atoms with Crippen molar-refractivity contribution >= 4 is 11.6 Å². The van der Waals surface area contributed by atoms with E-state index in [1.54, 1.807) is 43.5 Å². The third-order valence-electron chi connectivity index (χ3n) is 4.90. The third kappa shape index (κ3) is 4.62. The number of benzene rings is 2. The molecule has 0 saturated carbocycles. The van der Waals surface area contributed by atoms with E-state index in [1.165, 1.54) is 12.1 Å². The molecule has 9 heteroatoms. The van der Waals surface area contributed by atoms with E-state index in [4.69, 9.17) is 9.26 Å². The van der Waals surface area contributed by atoms with Crippen molar-refractivity contribution in [2.45, 2.75) is 26.3 Å². The highest BCUT2D eigenvalue weighted by Gasteiger charge is 2.27. The van der Waals surface area contributed by atoms with Gasteiger partial charge in [0.1, 0.15) is 11.8 Å². The van der Waals surface area contributed by atoms with Gasteiger partial charge in [-0.05, 0) is 42.3 Å². The Bertz CT molecular complexity index is 1010. The van der Waals surface area contributed by atoms with Crippen LogP contribution in [0.4, 0.5) is 5.69 Å². The highest BCUT2D eigenvalue weighted by atomic mass is 16.6. The Morgan fingerprint density at radius 2 is 1.87 bits per heavy atom. The van der Waals surface area contributed by atoms with Crippen molar-refractivity contribution in [1.82, 2.24) is 15.5 Å². The first kappa shape index (κ1) is 21.0. The summed E-state index contributed by atoms with van der Waals surface area (Å²) in [6.07, 6.45) is 0.781. The molecule has 1 heterocycles. The Hall–Kier alpha value is -3.75. The van der Waals surface area contributed by atoms with Gasteiger partial charge in [0.25, 0.3) is 11.6 Å². The van der Waals surface area contributed by atoms with Crippen molar-refractivity contribution in [2.24, 2.45) is 5.92 Å². The maximum Gasteiger partial charge on any atom is 0.269 e. The Labute approximate surface area is 173 Å². The Kier molecular flexibility index (Phi) is 6.41. The number of amides is 1. The molecule has 0 unspecified atom stereocenters. The maximum atomic E-state index is 12.7. The molecule has 0 bridgehead atoms. The number of nitrogens with one attached hydrogen (secondary N) is 1. The first-order chi connectivity index (χ1) is 14.4. The number of non-ortho nitro benzene ring substituents is 1. The molecule has 0 spiro atoms. The van der Waals surface area contributed by atoms with Crippen LogP contribution in [0.15, 0.2) is 53.1 Å². The van der Waals surface area contributed by atoms with Gasteiger partial charge in [-0.2, -0.15) is 4.98 Å². The lowest BCUT2D eigenvalue weighted by molar-refractivity contribution is -0.384. The first-order valence-corrected chi connectivity index (χ1v) is 9.46. The topological polar surface area (TPSA) is 120 Å². The van der Waals surface area contributed by atoms with E-state index >= 15 is 0 Å². The molecule has 3 aromatic rings. The number of carbonyl (C=O) groups is 1. The molecule has 1 aromatic heterocycles. The van der Waals surface area contributed by atoms with Gasteiger partial charge in [0.2, 0.25) is 11.7 Å². The fraction of sp³-hybridized carbons (Fsp3) is 0.286. The summed E-state index contributed by atoms with van der Waals surface area (Å²) < 4.78 is 10.5. The molecular formula is C21H22N4O5. The van der Waals surface area contributed by atoms with Gasteiger partial charge in [-0.1, -0.05) is 25.4 Å². The molecular weight excluding hydrogens is 388 g/mol. The average Bonchev–Trinajstić information content (AvgIpc) is 3.26. The molecule has 0 aliphatic carbocycles. The average molecular weight is 410 g/mol. The standard InChI is InChI=1S/C21H22N4O5/c1-4-13(2)18(22-20(26)15-7-11-17(29-3)12-8-15)21-23-19(24-30-21)14-5-9-16(10-6-14)25(27)28/h5-13,18H,4H2,1-3H3,(H,22,26)/t13-,18+/m0/s1. The van der Waals surface area contributed by atoms with Crippen LogP contribution < -0.4 is 10.1 Å². The van der Waals surface area contributed by atoms with Crippen molar-refractivity contribution < 1.29 is 19.0 Å². The smallest absolute Gasteiger partial charge is 0.269 e. The lowest BCUT2D eigenvalue weighted by Crippen LogP contribution is -2.32. The van der Waals surface area contributed by atoms with Gasteiger partial charge < -0.3 is 14.6 Å². The van der Waals surface area contributed by atoms with Crippen LogP contribution in [0.3, 0.4) is 0 Å². The van der Waals surface area contributed by atoms with Crippen LogP contribution >= 0.6 is 0 Å². The fourth-order valence-electron chi connectivity index (χ4n) is 2.86. The summed E-state index contributed by atoms with van der Waals surface area (Å²) in [5, 5.41) is 17.8. The highest BCUT2D eigenvalue weighted by molar-refractivity contribution is 5.94. The van der Waals surface area contributed by atoms with Crippen LogP contribution in [-0.2, 0) is 0 Å². The van der Waals surface area contributed by atoms with E-state index in [0.29, 0.717) is 22.7 Å². The summed E-state index contributed by atoms with van der Waals surface area (Å²) in [5.41, 5.74) is 1.05. The van der Waals surface area contributed by atoms with Gasteiger partial charge in [0.15, 0.2) is 0 Å². The lowest BCUT2D eigenvalue weighted by atomic mass is 9.98. The minimum absolute atomic E-state index is 0.0216. The van der Waals surface area contributed by atoms with Crippen molar-refractivity contribution in [3.8, 4) is 17.1 Å². The van der Waals surface area contributed by atoms with Gasteiger partial charge in [0, 0.05) is 23.3 Å². The van der Waals surface area contributed by atoms with Crippen LogP contribution in [0, 0.1) is 16.0 Å². The molecule has 3 rings (SSSR count). The molecule has 0 saturated heterocycles. The van der Waals surface area contributed by atoms with Crippen molar-refractivity contribution in [1.29, 1.82) is 0 Å². The Balaban J connectivity index is 1.81. The van der Waals surface area contributed by atoms with E-state index in [0.717, 1.165) is 6.42 Å². The number of aromatic nitrogens is 2. The molecule has 2 atom stereocenters. The summed E-state index contributed by atoms with van der Waals surface area (Å²) in [4.78, 5) is 27.5. The van der Waals surface area contributed by atoms with Gasteiger partial charge in [-0.25, -0.2) is 0 Å². The fourth-order valence-corrected chi connectivity index (χ4v) is 2.86. The number of nitro groups is 1. The second-order valence-electron chi connectivity index (χ2n) is 6.83. The number of ether oxygens (including phenoxy) is 1. The number of carbonyl (C=O) groups excluding carboxylic acids is 1. The van der Waals surface area contributed by atoms with Crippen molar-refractivity contribution in [2.75, 3.05) is 7.11 Å². The number of methoxy groups -OCH3 is 1. The predicted octanol–water partition coefficient (Wildman–Crippen LogP) is 4.17. The van der Waals surface area contributed by atoms with E-state index in [2.05, 4.69) is 15.5 Å². The third-order valence-corrected chi connectivity index (χ3v) is 4.90. The highest BCUT2D eigenvalue weighted by Crippen LogP contribution is 2.27. The summed E-state index contributed by atoms with van der Waals surface area (Å²) in [6, 6.07) is 12.2. The summed E-state index contributed by atoms with van der Waals surface area (Å²) in [5.74, 6) is 1.01. The molecule has 0 radical (unpaired) electrons. The number of nitrogens with zero attached hydrogens (tertiary/aromatic N) is 3. The van der Waals surface area contributed by atoms with Crippen LogP contribution in [0.2, 0.25) is 0 Å². The number of rotatable bonds is 8. The minimum Gasteiger partial charge on any atom is -0.497 e. The van der Waals surface area contributed by atoms with Crippen LogP contribution in [0.25, 0.3) is 11.4 Å². The van der Waals surface area contributed by atoms with Gasteiger partial charge in [0.05, 0.1) is 12.0 Å². The molecule has 0 aliphatic rings. The Morgan fingerprint density at radius 3 is 2.43 bits per heavy atom. The zero-order valence-electron chi connectivity index (χ0n) is 16.9. The molecule has 9 nitrogen and oxygen atoms in total. The normalized spacial score (nSPS) is 12.8. The van der Waals surface area contributed by atoms with Crippen LogP contribution in [-0.4, -0.2) is 28.1 Å². The molecule has 30 heavy (non-hydrogen) atoms. The molecule has 1 N–H and O–H groups in total. The summed E-state index contributed by atoms with van der Waals surface area (Å²) >= 11 is 0. The van der Waals surface area contributed by atoms with E-state index < -0.39 is 11.0 Å². The summed E-state index contributed by atoms with van der Waals surface area (Å²) in [6.45, 7) is 3.99. The quantitative estimate of drug-likeness (QED) is 0.437. The number of hydrogen-bond acceptors (Lipinski definition) is 7. The molecule has 0 fully saturated rings. The largest absolute Gasteiger partial charge is 0.497 e. The van der Waals surface area contributed by atoms with Crippen LogP contribution in [0.1, 0.15) is 42.6 Å². The Morgan fingerprint density at radius 1 is 1.20 bits per heavy atom. The summed E-state index contributed by atoms with van der Waals surface area (Å²) in [7, 11) is 1.56. The van der Waals surface area contributed by atoms with E-state index in [9.17, 15) is 14.9 Å². The number of nitro benzene ring substituents is 1.